The number of thiophene rings is 1. The molecule has 1 aliphatic carbocycles. The van der Waals surface area contributed by atoms with Crippen LogP contribution in [0.5, 0.6) is 0 Å². The minimum atomic E-state index is -0.140. The van der Waals surface area contributed by atoms with Gasteiger partial charge in [-0.15, -0.1) is 11.3 Å². The van der Waals surface area contributed by atoms with Crippen LogP contribution in [0.25, 0.3) is 97.3 Å². The molecule has 10 aromatic rings. The predicted octanol–water partition coefficient (Wildman–Crippen LogP) is 13.6. The third-order valence-corrected chi connectivity index (χ3v) is 12.6. The summed E-state index contributed by atoms with van der Waals surface area (Å²) >= 11 is 1.89. The van der Waals surface area contributed by atoms with Crippen molar-refractivity contribution in [3.05, 3.63) is 169 Å². The molecule has 1 aliphatic rings. The minimum Gasteiger partial charge on any atom is -0.252 e. The zero-order chi connectivity index (χ0) is 34.6. The molecule has 2 aromatic heterocycles. The second-order valence-corrected chi connectivity index (χ2v) is 15.6. The quantitative estimate of drug-likeness (QED) is 0.174. The maximum Gasteiger partial charge on any atom is 0.0971 e. The maximum absolute atomic E-state index is 4.81. The topological polar surface area (TPSA) is 25.8 Å². The van der Waals surface area contributed by atoms with E-state index in [0.29, 0.717) is 0 Å². The Labute approximate surface area is 305 Å². The average molecular weight is 681 g/mol. The largest absolute Gasteiger partial charge is 0.252 e. The van der Waals surface area contributed by atoms with E-state index in [-0.39, 0.29) is 5.41 Å². The van der Waals surface area contributed by atoms with Gasteiger partial charge in [0.1, 0.15) is 0 Å². The van der Waals surface area contributed by atoms with Crippen LogP contribution in [0, 0.1) is 0 Å². The number of rotatable bonds is 3. The summed E-state index contributed by atoms with van der Waals surface area (Å²) in [6, 6.07) is 54.0. The van der Waals surface area contributed by atoms with Crippen LogP contribution in [-0.2, 0) is 5.41 Å². The van der Waals surface area contributed by atoms with Gasteiger partial charge in [0.25, 0.3) is 0 Å². The van der Waals surface area contributed by atoms with Gasteiger partial charge in [-0.25, -0.2) is 0 Å². The van der Waals surface area contributed by atoms with Gasteiger partial charge in [-0.3, -0.25) is 9.97 Å². The van der Waals surface area contributed by atoms with Gasteiger partial charge in [-0.05, 0) is 90.7 Å². The van der Waals surface area contributed by atoms with Crippen LogP contribution in [0.3, 0.4) is 0 Å². The molecule has 0 radical (unpaired) electrons. The van der Waals surface area contributed by atoms with Crippen LogP contribution in [0.2, 0.25) is 0 Å². The van der Waals surface area contributed by atoms with E-state index >= 15 is 0 Å². The SMILES string of the molecule is CC1(C)c2cc(-c3ccc(-c4cccc5c4sc4ccccc45)cc3)ccc2-c2ccc(-c3ccc4c5ccccc5c5nccnc5c4c3)cc21. The summed E-state index contributed by atoms with van der Waals surface area (Å²) in [6.07, 6.45) is 3.59. The van der Waals surface area contributed by atoms with E-state index in [2.05, 4.69) is 159 Å². The Morgan fingerprint density at radius 3 is 1.69 bits per heavy atom. The lowest BCUT2D eigenvalue weighted by atomic mass is 9.80. The van der Waals surface area contributed by atoms with Crippen molar-refractivity contribution in [3.8, 4) is 44.5 Å². The van der Waals surface area contributed by atoms with Crippen molar-refractivity contribution in [2.45, 2.75) is 19.3 Å². The molecule has 0 atom stereocenters. The summed E-state index contributed by atoms with van der Waals surface area (Å²) in [5, 5.41) is 7.37. The Bertz CT molecular complexity index is 3060. The molecule has 244 valence electrons. The lowest BCUT2D eigenvalue weighted by Gasteiger charge is -2.23. The molecule has 2 nitrogen and oxygen atoms in total. The van der Waals surface area contributed by atoms with Crippen LogP contribution in [-0.4, -0.2) is 9.97 Å². The number of benzene rings is 8. The summed E-state index contributed by atoms with van der Waals surface area (Å²) in [6.45, 7) is 4.74. The molecule has 0 fully saturated rings. The van der Waals surface area contributed by atoms with Crippen molar-refractivity contribution in [1.82, 2.24) is 9.97 Å². The van der Waals surface area contributed by atoms with E-state index < -0.39 is 0 Å². The van der Waals surface area contributed by atoms with Gasteiger partial charge in [0, 0.05) is 48.8 Å². The van der Waals surface area contributed by atoms with Crippen molar-refractivity contribution in [2.24, 2.45) is 0 Å². The normalized spacial score (nSPS) is 13.3. The van der Waals surface area contributed by atoms with Crippen molar-refractivity contribution >= 4 is 64.1 Å². The van der Waals surface area contributed by atoms with Crippen LogP contribution in [0.15, 0.2) is 158 Å². The van der Waals surface area contributed by atoms with Gasteiger partial charge in [-0.2, -0.15) is 0 Å². The zero-order valence-corrected chi connectivity index (χ0v) is 29.6. The second kappa shape index (κ2) is 10.9. The smallest absolute Gasteiger partial charge is 0.0971 e. The molecule has 2 heterocycles. The van der Waals surface area contributed by atoms with Crippen molar-refractivity contribution < 1.29 is 0 Å². The summed E-state index contributed by atoms with van der Waals surface area (Å²) in [4.78, 5) is 9.57. The van der Waals surface area contributed by atoms with Crippen LogP contribution >= 0.6 is 11.3 Å². The standard InChI is InChI=1S/C49H32N2S/c1-49(2)43-27-32(29-14-16-30(17-15-29)34-11-7-12-41-39-9-5-6-13-45(39)52-48(34)41)19-22-37(43)38-23-20-33(28-44(38)49)31-18-21-36-35-8-3-4-10-40(35)46-47(42(36)26-31)51-25-24-50-46/h3-28H,1-2H3. The fraction of sp³-hybridized carbons (Fsp3) is 0.0612. The molecule has 3 heteroatoms. The minimum absolute atomic E-state index is 0.140. The predicted molar refractivity (Wildman–Crippen MR) is 221 cm³/mol. The first-order valence-electron chi connectivity index (χ1n) is 17.9. The third kappa shape index (κ3) is 4.23. The highest BCUT2D eigenvalue weighted by molar-refractivity contribution is 7.26. The second-order valence-electron chi connectivity index (χ2n) is 14.6. The van der Waals surface area contributed by atoms with E-state index in [0.717, 1.165) is 21.8 Å². The Kier molecular flexibility index (Phi) is 6.21. The molecule has 0 spiro atoms. The monoisotopic (exact) mass is 680 g/mol. The number of fused-ring (bicyclic) bond motifs is 12. The van der Waals surface area contributed by atoms with Gasteiger partial charge in [0.05, 0.1) is 11.0 Å². The molecule has 0 saturated carbocycles. The maximum atomic E-state index is 4.81. The molecular formula is C49H32N2S. The Balaban J connectivity index is 0.957. The van der Waals surface area contributed by atoms with E-state index in [4.69, 9.17) is 9.97 Å². The number of hydrogen-bond acceptors (Lipinski definition) is 3. The molecule has 0 aliphatic heterocycles. The van der Waals surface area contributed by atoms with Gasteiger partial charge < -0.3 is 0 Å². The molecule has 0 amide bonds. The average Bonchev–Trinajstić information content (AvgIpc) is 3.69. The molecule has 0 unspecified atom stereocenters. The summed E-state index contributed by atoms with van der Waals surface area (Å²) < 4.78 is 2.69. The highest BCUT2D eigenvalue weighted by atomic mass is 32.1. The summed E-state index contributed by atoms with van der Waals surface area (Å²) in [5.41, 5.74) is 14.6. The lowest BCUT2D eigenvalue weighted by Crippen LogP contribution is -2.15. The van der Waals surface area contributed by atoms with E-state index in [1.54, 1.807) is 12.4 Å². The molecule has 0 saturated heterocycles. The molecule has 52 heavy (non-hydrogen) atoms. The van der Waals surface area contributed by atoms with Crippen molar-refractivity contribution in [3.63, 3.8) is 0 Å². The summed E-state index contributed by atoms with van der Waals surface area (Å²) in [5.74, 6) is 0. The van der Waals surface area contributed by atoms with Crippen molar-refractivity contribution in [1.29, 1.82) is 0 Å². The Morgan fingerprint density at radius 2 is 0.942 bits per heavy atom. The van der Waals surface area contributed by atoms with E-state index in [1.165, 1.54) is 86.6 Å². The highest BCUT2D eigenvalue weighted by Gasteiger charge is 2.36. The number of nitrogens with zero attached hydrogens (tertiary/aromatic N) is 2. The Morgan fingerprint density at radius 1 is 0.404 bits per heavy atom. The van der Waals surface area contributed by atoms with Crippen molar-refractivity contribution in [2.75, 3.05) is 0 Å². The molecule has 0 N–H and O–H groups in total. The summed E-state index contributed by atoms with van der Waals surface area (Å²) in [7, 11) is 0. The third-order valence-electron chi connectivity index (χ3n) is 11.4. The first-order valence-corrected chi connectivity index (χ1v) is 18.7. The lowest BCUT2D eigenvalue weighted by molar-refractivity contribution is 0.661. The number of hydrogen-bond donors (Lipinski definition) is 0. The van der Waals surface area contributed by atoms with Gasteiger partial charge in [-0.1, -0.05) is 135 Å². The first-order chi connectivity index (χ1) is 25.5. The van der Waals surface area contributed by atoms with Crippen LogP contribution in [0.4, 0.5) is 0 Å². The van der Waals surface area contributed by atoms with Crippen LogP contribution in [0.1, 0.15) is 25.0 Å². The first kappa shape index (κ1) is 29.6. The van der Waals surface area contributed by atoms with E-state index in [9.17, 15) is 0 Å². The van der Waals surface area contributed by atoms with E-state index in [1.807, 2.05) is 11.3 Å². The molecule has 8 aromatic carbocycles. The Hall–Kier alpha value is -6.16. The van der Waals surface area contributed by atoms with Gasteiger partial charge >= 0.3 is 0 Å². The fourth-order valence-electron chi connectivity index (χ4n) is 8.72. The highest BCUT2D eigenvalue weighted by Crippen LogP contribution is 2.51. The fourth-order valence-corrected chi connectivity index (χ4v) is 9.96. The molecule has 0 bridgehead atoms. The van der Waals surface area contributed by atoms with Gasteiger partial charge in [0.2, 0.25) is 0 Å². The molecular weight excluding hydrogens is 649 g/mol. The molecule has 11 rings (SSSR count). The number of aromatic nitrogens is 2. The van der Waals surface area contributed by atoms with Crippen LogP contribution < -0.4 is 0 Å². The van der Waals surface area contributed by atoms with Gasteiger partial charge in [0.15, 0.2) is 0 Å². The zero-order valence-electron chi connectivity index (χ0n) is 28.8.